The molecule has 3 N–H and O–H groups in total. The Balaban J connectivity index is 2.24. The number of allylic oxidation sites excluding steroid dienone is 6. The first-order valence-electron chi connectivity index (χ1n) is 9.00. The van der Waals surface area contributed by atoms with Gasteiger partial charge in [-0.25, -0.2) is 0 Å². The third kappa shape index (κ3) is 4.73. The summed E-state index contributed by atoms with van der Waals surface area (Å²) in [7, 11) is 0. The van der Waals surface area contributed by atoms with Crippen molar-refractivity contribution in [1.82, 2.24) is 10.2 Å². The fourth-order valence-electron chi connectivity index (χ4n) is 3.14. The maximum Gasteiger partial charge on any atom is 0.103 e. The van der Waals surface area contributed by atoms with Crippen molar-refractivity contribution in [2.45, 2.75) is 32.2 Å². The van der Waals surface area contributed by atoms with E-state index < -0.39 is 0 Å². The molecule has 4 heteroatoms. The first-order chi connectivity index (χ1) is 12.5. The normalized spacial score (nSPS) is 22.5. The second-order valence-corrected chi connectivity index (χ2v) is 6.64. The molecule has 1 saturated heterocycles. The highest BCUT2D eigenvalue weighted by Crippen LogP contribution is 2.33. The van der Waals surface area contributed by atoms with E-state index in [0.29, 0.717) is 19.1 Å². The predicted molar refractivity (Wildman–Crippen MR) is 113 cm³/mol. The Bertz CT molecular complexity index is 718. The standard InChI is InChI=1S/C22H30N4/c1-6-16(2)7-8-20-9-10-21(11-13-23)26(18(20)4)19(5)25-22-12-14-24-15-17(22)3/h6-8,12,14,21,25H,1,3-5,9-11,13,15,23H2,2H3/b16-7+,20-8-/t21-/m1/s1. The summed E-state index contributed by atoms with van der Waals surface area (Å²) >= 11 is 0. The van der Waals surface area contributed by atoms with Crippen molar-refractivity contribution in [3.8, 4) is 0 Å². The first-order valence-corrected chi connectivity index (χ1v) is 9.00. The van der Waals surface area contributed by atoms with Crippen molar-refractivity contribution in [3.05, 3.63) is 84.6 Å². The summed E-state index contributed by atoms with van der Waals surface area (Å²) in [5.41, 5.74) is 11.0. The van der Waals surface area contributed by atoms with Crippen LogP contribution >= 0.6 is 0 Å². The molecule has 0 aromatic carbocycles. The van der Waals surface area contributed by atoms with Gasteiger partial charge in [0.1, 0.15) is 5.82 Å². The van der Waals surface area contributed by atoms with Crippen LogP contribution in [0.3, 0.4) is 0 Å². The molecular weight excluding hydrogens is 320 g/mol. The molecule has 0 saturated carbocycles. The molecule has 0 aromatic rings. The van der Waals surface area contributed by atoms with E-state index in [1.165, 1.54) is 5.57 Å². The first kappa shape index (κ1) is 19.7. The zero-order valence-corrected chi connectivity index (χ0v) is 15.8. The largest absolute Gasteiger partial charge is 0.342 e. The van der Waals surface area contributed by atoms with Crippen LogP contribution in [0.1, 0.15) is 26.2 Å². The lowest BCUT2D eigenvalue weighted by Gasteiger charge is -2.41. The number of rotatable bonds is 7. The highest BCUT2D eigenvalue weighted by molar-refractivity contribution is 5.75. The number of hydrogen-bond donors (Lipinski definition) is 2. The van der Waals surface area contributed by atoms with Gasteiger partial charge in [0.2, 0.25) is 0 Å². The second kappa shape index (κ2) is 9.20. The van der Waals surface area contributed by atoms with Crippen molar-refractivity contribution >= 4 is 6.21 Å². The van der Waals surface area contributed by atoms with Crippen LogP contribution in [-0.2, 0) is 0 Å². The Morgan fingerprint density at radius 3 is 2.88 bits per heavy atom. The monoisotopic (exact) mass is 350 g/mol. The van der Waals surface area contributed by atoms with Gasteiger partial charge in [0, 0.05) is 23.7 Å². The van der Waals surface area contributed by atoms with Gasteiger partial charge in [-0.3, -0.25) is 4.99 Å². The second-order valence-electron chi connectivity index (χ2n) is 6.64. The van der Waals surface area contributed by atoms with Gasteiger partial charge in [0.25, 0.3) is 0 Å². The van der Waals surface area contributed by atoms with Crippen molar-refractivity contribution in [1.29, 1.82) is 0 Å². The van der Waals surface area contributed by atoms with Crippen molar-refractivity contribution in [3.63, 3.8) is 0 Å². The molecule has 0 amide bonds. The van der Waals surface area contributed by atoms with E-state index in [9.17, 15) is 0 Å². The van der Waals surface area contributed by atoms with E-state index in [4.69, 9.17) is 5.73 Å². The summed E-state index contributed by atoms with van der Waals surface area (Å²) in [5, 5.41) is 3.40. The maximum absolute atomic E-state index is 5.84. The average Bonchev–Trinajstić information content (AvgIpc) is 2.63. The van der Waals surface area contributed by atoms with Crippen LogP contribution in [0.4, 0.5) is 0 Å². The molecule has 0 spiro atoms. The zero-order valence-electron chi connectivity index (χ0n) is 15.8. The van der Waals surface area contributed by atoms with Gasteiger partial charge < -0.3 is 16.0 Å². The molecule has 0 unspecified atom stereocenters. The maximum atomic E-state index is 5.84. The van der Waals surface area contributed by atoms with Crippen LogP contribution in [0.2, 0.25) is 0 Å². The minimum Gasteiger partial charge on any atom is -0.342 e. The smallest absolute Gasteiger partial charge is 0.103 e. The van der Waals surface area contributed by atoms with Crippen LogP contribution in [0.15, 0.2) is 89.5 Å². The number of hydrogen-bond acceptors (Lipinski definition) is 4. The summed E-state index contributed by atoms with van der Waals surface area (Å²) in [4.78, 5) is 6.39. The number of nitrogens with one attached hydrogen (secondary N) is 1. The third-order valence-electron chi connectivity index (χ3n) is 4.72. The van der Waals surface area contributed by atoms with Gasteiger partial charge in [-0.15, -0.1) is 0 Å². The molecule has 138 valence electrons. The van der Waals surface area contributed by atoms with Crippen molar-refractivity contribution in [2.24, 2.45) is 10.7 Å². The molecule has 0 radical (unpaired) electrons. The number of piperidine rings is 1. The minimum atomic E-state index is 0.292. The molecule has 26 heavy (non-hydrogen) atoms. The number of dihydropyridines is 1. The summed E-state index contributed by atoms with van der Waals surface area (Å²) in [6.45, 7) is 19.8. The molecule has 1 atom stereocenters. The fourth-order valence-corrected chi connectivity index (χ4v) is 3.14. The molecule has 0 bridgehead atoms. The summed E-state index contributed by atoms with van der Waals surface area (Å²) in [6, 6.07) is 0.292. The highest BCUT2D eigenvalue weighted by atomic mass is 15.3. The molecule has 0 aromatic heterocycles. The van der Waals surface area contributed by atoms with Crippen LogP contribution in [0.5, 0.6) is 0 Å². The molecule has 2 aliphatic rings. The fraction of sp³-hybridized carbons (Fsp3) is 0.318. The van der Waals surface area contributed by atoms with E-state index in [1.54, 1.807) is 6.21 Å². The number of aliphatic imine (C=N–C) groups is 1. The van der Waals surface area contributed by atoms with E-state index in [-0.39, 0.29) is 0 Å². The lowest BCUT2D eigenvalue weighted by Crippen LogP contribution is -2.42. The van der Waals surface area contributed by atoms with Crippen molar-refractivity contribution in [2.75, 3.05) is 13.1 Å². The Labute approximate surface area is 157 Å². The van der Waals surface area contributed by atoms with E-state index >= 15 is 0 Å². The third-order valence-corrected chi connectivity index (χ3v) is 4.72. The SMILES string of the molecule is C=C/C(C)=C/C=C1/CC[C@H](CCN)N(C(=C)NC2=CC=NCC2=C)C1=C. The summed E-state index contributed by atoms with van der Waals surface area (Å²) in [6.07, 6.45) is 12.7. The molecule has 2 rings (SSSR count). The zero-order chi connectivity index (χ0) is 19.1. The predicted octanol–water partition coefficient (Wildman–Crippen LogP) is 3.96. The van der Waals surface area contributed by atoms with Crippen LogP contribution in [0, 0.1) is 0 Å². The Morgan fingerprint density at radius 2 is 2.23 bits per heavy atom. The Hall–Kier alpha value is -2.59. The van der Waals surface area contributed by atoms with Gasteiger partial charge in [0.05, 0.1) is 6.54 Å². The van der Waals surface area contributed by atoms with Gasteiger partial charge in [-0.2, -0.15) is 0 Å². The topological polar surface area (TPSA) is 53.6 Å². The van der Waals surface area contributed by atoms with Crippen LogP contribution in [-0.4, -0.2) is 30.2 Å². The minimum absolute atomic E-state index is 0.292. The van der Waals surface area contributed by atoms with Gasteiger partial charge in [-0.1, -0.05) is 50.1 Å². The molecule has 4 nitrogen and oxygen atoms in total. The number of nitrogens with zero attached hydrogens (tertiary/aromatic N) is 2. The molecule has 0 aliphatic carbocycles. The molecule has 2 heterocycles. The van der Waals surface area contributed by atoms with Crippen LogP contribution < -0.4 is 11.1 Å². The summed E-state index contributed by atoms with van der Waals surface area (Å²) < 4.78 is 0. The molecular formula is C22H30N4. The van der Waals surface area contributed by atoms with Gasteiger partial charge >= 0.3 is 0 Å². The Morgan fingerprint density at radius 1 is 1.46 bits per heavy atom. The Kier molecular flexibility index (Phi) is 6.98. The van der Waals surface area contributed by atoms with Gasteiger partial charge in [-0.05, 0) is 50.0 Å². The average molecular weight is 351 g/mol. The van der Waals surface area contributed by atoms with E-state index in [2.05, 4.69) is 53.7 Å². The number of nitrogens with two attached hydrogens (primary N) is 1. The van der Waals surface area contributed by atoms with E-state index in [0.717, 1.165) is 47.6 Å². The van der Waals surface area contributed by atoms with Crippen LogP contribution in [0.25, 0.3) is 0 Å². The lowest BCUT2D eigenvalue weighted by molar-refractivity contribution is 0.255. The van der Waals surface area contributed by atoms with Crippen molar-refractivity contribution < 1.29 is 0 Å². The molecule has 2 aliphatic heterocycles. The number of likely N-dealkylation sites (tertiary alicyclic amines) is 1. The molecule has 1 fully saturated rings. The summed E-state index contributed by atoms with van der Waals surface area (Å²) in [5.74, 6) is 0.797. The quantitative estimate of drug-likeness (QED) is 0.684. The van der Waals surface area contributed by atoms with Gasteiger partial charge in [0.15, 0.2) is 0 Å². The lowest BCUT2D eigenvalue weighted by atomic mass is 9.92. The highest BCUT2D eigenvalue weighted by Gasteiger charge is 2.29. The van der Waals surface area contributed by atoms with E-state index in [1.807, 2.05) is 19.1 Å².